The Bertz CT molecular complexity index is 263. The highest BCUT2D eigenvalue weighted by Gasteiger charge is 2.55. The minimum Gasteiger partial charge on any atom is -0.465 e. The number of nitrogens with zero attached hydrogens (tertiary/aromatic N) is 1. The van der Waals surface area contributed by atoms with Crippen molar-refractivity contribution >= 4 is 6.09 Å². The van der Waals surface area contributed by atoms with Crippen LogP contribution in [0.4, 0.5) is 13.6 Å². The normalized spacial score (nSPS) is 32.9. The topological polar surface area (TPSA) is 62.3 Å². The van der Waals surface area contributed by atoms with Crippen LogP contribution in [0.3, 0.4) is 0 Å². The third-order valence-electron chi connectivity index (χ3n) is 2.48. The van der Waals surface area contributed by atoms with Crippen LogP contribution < -0.4 is 0 Å². The van der Waals surface area contributed by atoms with E-state index in [4.69, 9.17) is 14.6 Å². The van der Waals surface area contributed by atoms with Crippen LogP contribution in [0.25, 0.3) is 0 Å². The molecular weight excluding hydrogens is 212 g/mol. The summed E-state index contributed by atoms with van der Waals surface area (Å²) in [6.45, 7) is 0.109. The van der Waals surface area contributed by atoms with E-state index >= 15 is 0 Å². The summed E-state index contributed by atoms with van der Waals surface area (Å²) in [7, 11) is 0. The van der Waals surface area contributed by atoms with Gasteiger partial charge in [-0.3, -0.25) is 4.90 Å². The van der Waals surface area contributed by atoms with Gasteiger partial charge in [0.2, 0.25) is 6.43 Å². The molecule has 0 unspecified atom stereocenters. The van der Waals surface area contributed by atoms with Gasteiger partial charge in [-0.15, -0.1) is 0 Å². The van der Waals surface area contributed by atoms with Crippen LogP contribution >= 0.6 is 0 Å². The number of hydrogen-bond acceptors (Lipinski definition) is 3. The molecule has 2 saturated heterocycles. The maximum atomic E-state index is 12.0. The van der Waals surface area contributed by atoms with E-state index in [0.29, 0.717) is 6.61 Å². The Morgan fingerprint density at radius 2 is 2.33 bits per heavy atom. The van der Waals surface area contributed by atoms with Gasteiger partial charge in [0, 0.05) is 13.0 Å². The molecule has 0 aromatic carbocycles. The summed E-state index contributed by atoms with van der Waals surface area (Å²) in [4.78, 5) is 11.7. The number of alkyl halides is 2. The van der Waals surface area contributed by atoms with E-state index in [0.717, 1.165) is 4.90 Å². The number of carboxylic acid groups (broad SMARTS) is 1. The Labute approximate surface area is 84.6 Å². The SMILES string of the molecule is O=C(O)N(CCC(F)F)[C@@H]1OC[C@@H]2O[C@H]21. The quantitative estimate of drug-likeness (QED) is 0.714. The van der Waals surface area contributed by atoms with Crippen molar-refractivity contribution < 1.29 is 28.2 Å². The van der Waals surface area contributed by atoms with Gasteiger partial charge in [-0.2, -0.15) is 0 Å². The molecule has 5 nitrogen and oxygen atoms in total. The molecule has 2 heterocycles. The van der Waals surface area contributed by atoms with Crippen molar-refractivity contribution in [2.45, 2.75) is 31.3 Å². The third kappa shape index (κ3) is 2.18. The second-order valence-corrected chi connectivity index (χ2v) is 3.52. The summed E-state index contributed by atoms with van der Waals surface area (Å²) < 4.78 is 34.2. The molecule has 86 valence electrons. The summed E-state index contributed by atoms with van der Waals surface area (Å²) in [6.07, 6.45) is -5.28. The molecule has 7 heteroatoms. The molecule has 1 N–H and O–H groups in total. The van der Waals surface area contributed by atoms with E-state index in [-0.39, 0.29) is 18.8 Å². The molecule has 3 atom stereocenters. The molecule has 2 rings (SSSR count). The largest absolute Gasteiger partial charge is 0.465 e. The van der Waals surface area contributed by atoms with Gasteiger partial charge in [0.1, 0.15) is 12.2 Å². The molecule has 15 heavy (non-hydrogen) atoms. The molecule has 2 aliphatic rings. The molecule has 0 radical (unpaired) electrons. The average Bonchev–Trinajstić information content (AvgIpc) is 2.81. The first kappa shape index (κ1) is 10.6. The van der Waals surface area contributed by atoms with E-state index in [1.54, 1.807) is 0 Å². The number of amides is 1. The summed E-state index contributed by atoms with van der Waals surface area (Å²) >= 11 is 0. The molecule has 0 bridgehead atoms. The first-order chi connectivity index (χ1) is 7.09. The van der Waals surface area contributed by atoms with Crippen molar-refractivity contribution in [2.75, 3.05) is 13.2 Å². The molecule has 0 aromatic rings. The van der Waals surface area contributed by atoms with Crippen LogP contribution in [0, 0.1) is 0 Å². The number of carbonyl (C=O) groups is 1. The lowest BCUT2D eigenvalue weighted by Gasteiger charge is -2.25. The number of fused-ring (bicyclic) bond motifs is 1. The Balaban J connectivity index is 1.90. The number of epoxide rings is 1. The van der Waals surface area contributed by atoms with Crippen molar-refractivity contribution in [2.24, 2.45) is 0 Å². The van der Waals surface area contributed by atoms with Gasteiger partial charge in [0.15, 0.2) is 6.23 Å². The molecule has 0 aliphatic carbocycles. The Kier molecular flexibility index (Phi) is 2.74. The van der Waals surface area contributed by atoms with Gasteiger partial charge in [0.05, 0.1) is 6.61 Å². The summed E-state index contributed by atoms with van der Waals surface area (Å²) in [5, 5.41) is 8.83. The first-order valence-corrected chi connectivity index (χ1v) is 4.64. The van der Waals surface area contributed by atoms with Crippen LogP contribution in [0.1, 0.15) is 6.42 Å². The minimum atomic E-state index is -2.51. The fourth-order valence-corrected chi connectivity index (χ4v) is 1.67. The van der Waals surface area contributed by atoms with Crippen LogP contribution in [-0.4, -0.2) is 54.1 Å². The van der Waals surface area contributed by atoms with Gasteiger partial charge >= 0.3 is 6.09 Å². The molecule has 0 saturated carbocycles. The van der Waals surface area contributed by atoms with E-state index in [1.165, 1.54) is 0 Å². The first-order valence-electron chi connectivity index (χ1n) is 4.64. The predicted octanol–water partition coefficient (Wildman–Crippen LogP) is 0.745. The molecule has 1 amide bonds. The second-order valence-electron chi connectivity index (χ2n) is 3.52. The van der Waals surface area contributed by atoms with Gasteiger partial charge in [-0.25, -0.2) is 13.6 Å². The molecule has 2 fully saturated rings. The lowest BCUT2D eigenvalue weighted by molar-refractivity contribution is -0.0623. The van der Waals surface area contributed by atoms with E-state index < -0.39 is 25.2 Å². The Morgan fingerprint density at radius 1 is 1.60 bits per heavy atom. The monoisotopic (exact) mass is 223 g/mol. The van der Waals surface area contributed by atoms with Crippen molar-refractivity contribution in [1.82, 2.24) is 4.90 Å². The molecule has 2 aliphatic heterocycles. The third-order valence-corrected chi connectivity index (χ3v) is 2.48. The predicted molar refractivity (Wildman–Crippen MR) is 43.8 cm³/mol. The smallest absolute Gasteiger partial charge is 0.409 e. The number of halogens is 2. The summed E-state index contributed by atoms with van der Waals surface area (Å²) in [6, 6.07) is 0. The molecule has 0 spiro atoms. The lowest BCUT2D eigenvalue weighted by atomic mass is 10.3. The number of hydrogen-bond donors (Lipinski definition) is 1. The highest BCUT2D eigenvalue weighted by atomic mass is 19.3. The minimum absolute atomic E-state index is 0.0524. The molecular formula is C8H11F2NO4. The summed E-state index contributed by atoms with van der Waals surface area (Å²) in [5.74, 6) is 0. The van der Waals surface area contributed by atoms with Gasteiger partial charge in [-0.05, 0) is 0 Å². The number of ether oxygens (including phenoxy) is 2. The van der Waals surface area contributed by atoms with E-state index in [2.05, 4.69) is 0 Å². The van der Waals surface area contributed by atoms with Crippen molar-refractivity contribution in [3.8, 4) is 0 Å². The Hall–Kier alpha value is -0.950. The average molecular weight is 223 g/mol. The van der Waals surface area contributed by atoms with Crippen molar-refractivity contribution in [3.63, 3.8) is 0 Å². The lowest BCUT2D eigenvalue weighted by Crippen LogP contribution is -2.43. The van der Waals surface area contributed by atoms with Gasteiger partial charge in [0.25, 0.3) is 0 Å². The van der Waals surface area contributed by atoms with Gasteiger partial charge < -0.3 is 14.6 Å². The maximum Gasteiger partial charge on any atom is 0.409 e. The van der Waals surface area contributed by atoms with Crippen molar-refractivity contribution in [3.05, 3.63) is 0 Å². The standard InChI is InChI=1S/C8H11F2NO4/c9-5(10)1-2-11(8(12)13)7-6-4(15-6)3-14-7/h4-7H,1-3H2,(H,12,13)/t4-,6+,7+/m0/s1. The number of rotatable bonds is 4. The van der Waals surface area contributed by atoms with Crippen molar-refractivity contribution in [1.29, 1.82) is 0 Å². The maximum absolute atomic E-state index is 12.0. The molecule has 0 aromatic heterocycles. The Morgan fingerprint density at radius 3 is 2.73 bits per heavy atom. The van der Waals surface area contributed by atoms with E-state index in [9.17, 15) is 13.6 Å². The van der Waals surface area contributed by atoms with Crippen LogP contribution in [0.2, 0.25) is 0 Å². The van der Waals surface area contributed by atoms with Crippen LogP contribution in [-0.2, 0) is 9.47 Å². The highest BCUT2D eigenvalue weighted by molar-refractivity contribution is 5.65. The zero-order valence-electron chi connectivity index (χ0n) is 7.81. The van der Waals surface area contributed by atoms with E-state index in [1.807, 2.05) is 0 Å². The highest BCUT2D eigenvalue weighted by Crippen LogP contribution is 2.36. The zero-order valence-corrected chi connectivity index (χ0v) is 7.81. The van der Waals surface area contributed by atoms with Gasteiger partial charge in [-0.1, -0.05) is 0 Å². The summed E-state index contributed by atoms with van der Waals surface area (Å²) in [5.41, 5.74) is 0. The van der Waals surface area contributed by atoms with Crippen LogP contribution in [0.15, 0.2) is 0 Å². The zero-order chi connectivity index (χ0) is 11.0. The van der Waals surface area contributed by atoms with Crippen LogP contribution in [0.5, 0.6) is 0 Å². The fourth-order valence-electron chi connectivity index (χ4n) is 1.67. The second kappa shape index (κ2) is 3.90. The fraction of sp³-hybridized carbons (Fsp3) is 0.875.